The number of anilines is 2. The molecule has 0 spiro atoms. The lowest BCUT2D eigenvalue weighted by Crippen LogP contribution is -2.12. The monoisotopic (exact) mass is 361 g/mol. The van der Waals surface area contributed by atoms with Crippen LogP contribution in [0.25, 0.3) is 10.2 Å². The maximum atomic E-state index is 12.3. The molecule has 106 valence electrons. The van der Waals surface area contributed by atoms with E-state index in [-0.39, 0.29) is 5.91 Å². The second kappa shape index (κ2) is 5.46. The summed E-state index contributed by atoms with van der Waals surface area (Å²) < 4.78 is 1.76. The van der Waals surface area contributed by atoms with Gasteiger partial charge in [0.05, 0.1) is 20.8 Å². The minimum absolute atomic E-state index is 0.199. The van der Waals surface area contributed by atoms with Gasteiger partial charge in [-0.15, -0.1) is 11.3 Å². The van der Waals surface area contributed by atoms with Crippen molar-refractivity contribution < 1.29 is 4.79 Å². The summed E-state index contributed by atoms with van der Waals surface area (Å²) in [4.78, 5) is 16.7. The number of hydrogen-bond donors (Lipinski definition) is 2. The van der Waals surface area contributed by atoms with Crippen molar-refractivity contribution in [2.24, 2.45) is 0 Å². The van der Waals surface area contributed by atoms with Crippen molar-refractivity contribution >= 4 is 54.8 Å². The lowest BCUT2D eigenvalue weighted by Gasteiger charge is -2.07. The van der Waals surface area contributed by atoms with E-state index in [0.29, 0.717) is 15.7 Å². The number of nitrogens with one attached hydrogen (secondary N) is 1. The van der Waals surface area contributed by atoms with Gasteiger partial charge in [-0.05, 0) is 59.3 Å². The smallest absolute Gasteiger partial charge is 0.256 e. The van der Waals surface area contributed by atoms with Gasteiger partial charge in [0.1, 0.15) is 0 Å². The minimum atomic E-state index is -0.199. The largest absolute Gasteiger partial charge is 0.399 e. The number of aromatic nitrogens is 1. The van der Waals surface area contributed by atoms with E-state index in [0.717, 1.165) is 20.9 Å². The minimum Gasteiger partial charge on any atom is -0.399 e. The van der Waals surface area contributed by atoms with E-state index in [4.69, 9.17) is 5.73 Å². The molecule has 0 aliphatic rings. The highest BCUT2D eigenvalue weighted by Gasteiger charge is 2.11. The Labute approximate surface area is 134 Å². The third-order valence-corrected chi connectivity index (χ3v) is 4.61. The number of fused-ring (bicyclic) bond motifs is 1. The summed E-state index contributed by atoms with van der Waals surface area (Å²) in [6.07, 6.45) is 0. The summed E-state index contributed by atoms with van der Waals surface area (Å²) >= 11 is 4.97. The number of benzene rings is 2. The van der Waals surface area contributed by atoms with Crippen molar-refractivity contribution in [3.63, 3.8) is 0 Å². The van der Waals surface area contributed by atoms with Gasteiger partial charge in [0.15, 0.2) is 0 Å². The van der Waals surface area contributed by atoms with Crippen LogP contribution in [0.1, 0.15) is 15.4 Å². The Bertz CT molecular complexity index is 844. The molecule has 21 heavy (non-hydrogen) atoms. The molecule has 1 amide bonds. The van der Waals surface area contributed by atoms with Crippen LogP contribution >= 0.6 is 27.3 Å². The van der Waals surface area contributed by atoms with E-state index in [1.807, 2.05) is 25.1 Å². The molecule has 0 aliphatic carbocycles. The first kappa shape index (κ1) is 14.0. The number of nitrogen functional groups attached to an aromatic ring is 1. The normalized spacial score (nSPS) is 10.8. The summed E-state index contributed by atoms with van der Waals surface area (Å²) in [6, 6.07) is 10.8. The molecule has 3 rings (SSSR count). The van der Waals surface area contributed by atoms with Gasteiger partial charge >= 0.3 is 0 Å². The van der Waals surface area contributed by atoms with Crippen molar-refractivity contribution in [1.29, 1.82) is 0 Å². The zero-order valence-electron chi connectivity index (χ0n) is 11.2. The average Bonchev–Trinajstić information content (AvgIpc) is 2.80. The van der Waals surface area contributed by atoms with E-state index in [2.05, 4.69) is 26.2 Å². The zero-order valence-corrected chi connectivity index (χ0v) is 13.6. The fourth-order valence-corrected chi connectivity index (χ4v) is 3.33. The standard InChI is InChI=1S/C15H12BrN3OS/c1-8-18-13-5-3-10(7-14(13)21-8)19-15(20)11-6-9(17)2-4-12(11)16/h2-7H,17H2,1H3,(H,19,20). The highest BCUT2D eigenvalue weighted by atomic mass is 79.9. The van der Waals surface area contributed by atoms with Gasteiger partial charge in [-0.1, -0.05) is 0 Å². The average molecular weight is 362 g/mol. The Kier molecular flexibility index (Phi) is 3.65. The lowest BCUT2D eigenvalue weighted by atomic mass is 10.2. The molecule has 0 aliphatic heterocycles. The third-order valence-electron chi connectivity index (χ3n) is 2.99. The lowest BCUT2D eigenvalue weighted by molar-refractivity contribution is 0.102. The molecule has 0 saturated heterocycles. The molecule has 1 aromatic heterocycles. The number of carbonyl (C=O) groups is 1. The molecule has 0 atom stereocenters. The Hall–Kier alpha value is -1.92. The highest BCUT2D eigenvalue weighted by Crippen LogP contribution is 2.26. The van der Waals surface area contributed by atoms with Gasteiger partial charge in [0.25, 0.3) is 5.91 Å². The number of nitrogens with zero attached hydrogens (tertiary/aromatic N) is 1. The van der Waals surface area contributed by atoms with Crippen LogP contribution in [-0.2, 0) is 0 Å². The van der Waals surface area contributed by atoms with E-state index in [1.165, 1.54) is 0 Å². The van der Waals surface area contributed by atoms with Gasteiger partial charge in [-0.3, -0.25) is 4.79 Å². The molecule has 0 unspecified atom stereocenters. The van der Waals surface area contributed by atoms with Crippen molar-refractivity contribution in [3.8, 4) is 0 Å². The number of aryl methyl sites for hydroxylation is 1. The number of hydrogen-bond acceptors (Lipinski definition) is 4. The summed E-state index contributed by atoms with van der Waals surface area (Å²) in [6.45, 7) is 1.97. The van der Waals surface area contributed by atoms with Gasteiger partial charge in [-0.2, -0.15) is 0 Å². The first-order chi connectivity index (χ1) is 10.0. The Morgan fingerprint density at radius 1 is 1.29 bits per heavy atom. The molecular formula is C15H12BrN3OS. The number of thiazole rings is 1. The molecule has 0 bridgehead atoms. The number of nitrogens with two attached hydrogens (primary N) is 1. The molecule has 3 N–H and O–H groups in total. The van der Waals surface area contributed by atoms with Crippen LogP contribution in [0.15, 0.2) is 40.9 Å². The molecule has 2 aromatic carbocycles. The van der Waals surface area contributed by atoms with Crippen molar-refractivity contribution in [2.45, 2.75) is 6.92 Å². The second-order valence-electron chi connectivity index (χ2n) is 4.61. The van der Waals surface area contributed by atoms with E-state index in [1.54, 1.807) is 29.5 Å². The summed E-state index contributed by atoms with van der Waals surface area (Å²) in [7, 11) is 0. The van der Waals surface area contributed by atoms with Crippen LogP contribution in [-0.4, -0.2) is 10.9 Å². The van der Waals surface area contributed by atoms with E-state index >= 15 is 0 Å². The van der Waals surface area contributed by atoms with Gasteiger partial charge in [-0.25, -0.2) is 4.98 Å². The van der Waals surface area contributed by atoms with Crippen molar-refractivity contribution in [3.05, 3.63) is 51.4 Å². The number of amides is 1. The Morgan fingerprint density at radius 2 is 2.10 bits per heavy atom. The number of rotatable bonds is 2. The zero-order chi connectivity index (χ0) is 15.0. The molecule has 4 nitrogen and oxygen atoms in total. The maximum Gasteiger partial charge on any atom is 0.256 e. The van der Waals surface area contributed by atoms with Gasteiger partial charge in [0.2, 0.25) is 0 Å². The van der Waals surface area contributed by atoms with Gasteiger partial charge < -0.3 is 11.1 Å². The molecule has 0 fully saturated rings. The van der Waals surface area contributed by atoms with Crippen LogP contribution < -0.4 is 11.1 Å². The van der Waals surface area contributed by atoms with Crippen LogP contribution in [0, 0.1) is 6.92 Å². The first-order valence-corrected chi connectivity index (χ1v) is 7.87. The Morgan fingerprint density at radius 3 is 2.90 bits per heavy atom. The predicted molar refractivity (Wildman–Crippen MR) is 90.9 cm³/mol. The van der Waals surface area contributed by atoms with Crippen LogP contribution in [0.4, 0.5) is 11.4 Å². The van der Waals surface area contributed by atoms with Crippen molar-refractivity contribution in [1.82, 2.24) is 4.98 Å². The molecule has 0 radical (unpaired) electrons. The highest BCUT2D eigenvalue weighted by molar-refractivity contribution is 9.10. The van der Waals surface area contributed by atoms with Crippen LogP contribution in [0.2, 0.25) is 0 Å². The summed E-state index contributed by atoms with van der Waals surface area (Å²) in [5.74, 6) is -0.199. The summed E-state index contributed by atoms with van der Waals surface area (Å²) in [5.41, 5.74) is 8.48. The molecule has 6 heteroatoms. The third kappa shape index (κ3) is 2.91. The second-order valence-corrected chi connectivity index (χ2v) is 6.70. The number of halogens is 1. The molecule has 0 saturated carbocycles. The van der Waals surface area contributed by atoms with E-state index in [9.17, 15) is 4.79 Å². The van der Waals surface area contributed by atoms with Crippen LogP contribution in [0.3, 0.4) is 0 Å². The van der Waals surface area contributed by atoms with E-state index < -0.39 is 0 Å². The maximum absolute atomic E-state index is 12.3. The van der Waals surface area contributed by atoms with Gasteiger partial charge in [0, 0.05) is 15.8 Å². The number of carbonyl (C=O) groups excluding carboxylic acids is 1. The summed E-state index contributed by atoms with van der Waals surface area (Å²) in [5, 5.41) is 3.89. The first-order valence-electron chi connectivity index (χ1n) is 6.26. The van der Waals surface area contributed by atoms with Crippen molar-refractivity contribution in [2.75, 3.05) is 11.1 Å². The topological polar surface area (TPSA) is 68.0 Å². The fourth-order valence-electron chi connectivity index (χ4n) is 2.03. The molecule has 1 heterocycles. The SMILES string of the molecule is Cc1nc2ccc(NC(=O)c3cc(N)ccc3Br)cc2s1. The quantitative estimate of drug-likeness (QED) is 0.672. The van der Waals surface area contributed by atoms with Crippen LogP contribution in [0.5, 0.6) is 0 Å². The molecule has 3 aromatic rings. The fraction of sp³-hybridized carbons (Fsp3) is 0.0667. The predicted octanol–water partition coefficient (Wildman–Crippen LogP) is 4.20. The molecular weight excluding hydrogens is 350 g/mol. The Balaban J connectivity index is 1.90.